The van der Waals surface area contributed by atoms with Gasteiger partial charge in [-0.05, 0) is 68.2 Å². The van der Waals surface area contributed by atoms with Crippen molar-refractivity contribution in [1.29, 1.82) is 0 Å². The number of hydrogen-bond donors (Lipinski definition) is 1. The highest BCUT2D eigenvalue weighted by molar-refractivity contribution is 7.90. The summed E-state index contributed by atoms with van der Waals surface area (Å²) in [7, 11) is -3.23. The van der Waals surface area contributed by atoms with Crippen LogP contribution in [0.4, 0.5) is 4.39 Å². The molecule has 1 N–H and O–H groups in total. The average Bonchev–Trinajstić information content (AvgIpc) is 2.69. The van der Waals surface area contributed by atoms with Crippen LogP contribution >= 0.6 is 0 Å². The van der Waals surface area contributed by atoms with Crippen molar-refractivity contribution in [3.63, 3.8) is 0 Å². The van der Waals surface area contributed by atoms with E-state index in [1.165, 1.54) is 18.4 Å². The zero-order valence-electron chi connectivity index (χ0n) is 16.8. The minimum atomic E-state index is -3.23. The summed E-state index contributed by atoms with van der Waals surface area (Å²) < 4.78 is 36.1. The maximum atomic E-state index is 13.0. The second kappa shape index (κ2) is 9.05. The number of halogens is 1. The topological polar surface area (TPSA) is 66.5 Å². The molecule has 0 bridgehead atoms. The van der Waals surface area contributed by atoms with E-state index in [0.29, 0.717) is 0 Å². The molecule has 1 heterocycles. The van der Waals surface area contributed by atoms with Gasteiger partial charge in [-0.2, -0.15) is 0 Å². The molecule has 0 aromatic heterocycles. The number of nitrogens with zero attached hydrogens (tertiary/aromatic N) is 1. The fraction of sp³-hybridized carbons (Fsp3) is 0.409. The van der Waals surface area contributed by atoms with Crippen LogP contribution in [0, 0.1) is 11.7 Å². The number of carbonyl (C=O) groups is 1. The third-order valence-electron chi connectivity index (χ3n) is 5.44. The first-order valence-corrected chi connectivity index (χ1v) is 11.7. The Morgan fingerprint density at radius 3 is 2.24 bits per heavy atom. The zero-order valence-corrected chi connectivity index (χ0v) is 17.6. The Balaban J connectivity index is 1.49. The summed E-state index contributed by atoms with van der Waals surface area (Å²) in [6, 6.07) is 13.0. The third kappa shape index (κ3) is 5.87. The number of likely N-dealkylation sites (tertiary alicyclic amines) is 1. The maximum Gasteiger partial charge on any atom is 0.223 e. The van der Waals surface area contributed by atoms with Crippen molar-refractivity contribution in [2.24, 2.45) is 5.92 Å². The molecule has 0 aliphatic carbocycles. The summed E-state index contributed by atoms with van der Waals surface area (Å²) in [4.78, 5) is 15.2. The highest BCUT2D eigenvalue weighted by atomic mass is 32.2. The van der Waals surface area contributed by atoms with Gasteiger partial charge in [0.15, 0.2) is 9.84 Å². The van der Waals surface area contributed by atoms with Gasteiger partial charge in [0, 0.05) is 18.7 Å². The van der Waals surface area contributed by atoms with E-state index in [0.717, 1.165) is 43.6 Å². The van der Waals surface area contributed by atoms with Crippen LogP contribution in [0.2, 0.25) is 0 Å². The van der Waals surface area contributed by atoms with Crippen molar-refractivity contribution in [3.8, 4) is 0 Å². The summed E-state index contributed by atoms with van der Waals surface area (Å²) in [5.74, 6) is -0.229. The predicted octanol–water partition coefficient (Wildman–Crippen LogP) is 3.32. The van der Waals surface area contributed by atoms with Gasteiger partial charge in [0.1, 0.15) is 5.82 Å². The van der Waals surface area contributed by atoms with Crippen LogP contribution < -0.4 is 5.32 Å². The molecular formula is C22H27FN2O3S. The Hall–Kier alpha value is -2.25. The standard InChI is InChI=1S/C22H27FN2O3S/c1-16(18-5-9-21(10-6-18)29(2,27)28)24-22(26)19-11-13-25(14-12-19)15-17-3-7-20(23)8-4-17/h3-10,16,19H,11-15H2,1-2H3,(H,24,26)/t16-/m1/s1. The van der Waals surface area contributed by atoms with Gasteiger partial charge in [-0.1, -0.05) is 24.3 Å². The number of sulfone groups is 1. The Morgan fingerprint density at radius 1 is 1.10 bits per heavy atom. The van der Waals surface area contributed by atoms with Crippen molar-refractivity contribution < 1.29 is 17.6 Å². The lowest BCUT2D eigenvalue weighted by Gasteiger charge is -2.32. The first-order valence-electron chi connectivity index (χ1n) is 9.79. The molecule has 1 atom stereocenters. The van der Waals surface area contributed by atoms with Crippen molar-refractivity contribution in [3.05, 3.63) is 65.5 Å². The molecule has 2 aromatic carbocycles. The molecule has 3 rings (SSSR count). The van der Waals surface area contributed by atoms with Crippen molar-refractivity contribution in [2.45, 2.75) is 37.2 Å². The first-order chi connectivity index (χ1) is 13.7. The molecule has 1 fully saturated rings. The van der Waals surface area contributed by atoms with Crippen LogP contribution in [-0.4, -0.2) is 38.6 Å². The molecule has 0 radical (unpaired) electrons. The molecular weight excluding hydrogens is 391 g/mol. The molecule has 156 valence electrons. The normalized spacial score (nSPS) is 17.1. The number of benzene rings is 2. The third-order valence-corrected chi connectivity index (χ3v) is 6.57. The monoisotopic (exact) mass is 418 g/mol. The van der Waals surface area contributed by atoms with Gasteiger partial charge in [-0.25, -0.2) is 12.8 Å². The van der Waals surface area contributed by atoms with Gasteiger partial charge in [-0.15, -0.1) is 0 Å². The lowest BCUT2D eigenvalue weighted by molar-refractivity contribution is -0.127. The summed E-state index contributed by atoms with van der Waals surface area (Å²) in [6.07, 6.45) is 2.75. The number of amides is 1. The lowest BCUT2D eigenvalue weighted by Crippen LogP contribution is -2.40. The van der Waals surface area contributed by atoms with E-state index >= 15 is 0 Å². The molecule has 0 saturated carbocycles. The van der Waals surface area contributed by atoms with E-state index in [9.17, 15) is 17.6 Å². The maximum absolute atomic E-state index is 13.0. The molecule has 0 spiro atoms. The lowest BCUT2D eigenvalue weighted by atomic mass is 9.95. The van der Waals surface area contributed by atoms with E-state index in [1.54, 1.807) is 36.4 Å². The molecule has 0 unspecified atom stereocenters. The molecule has 29 heavy (non-hydrogen) atoms. The van der Waals surface area contributed by atoms with Crippen molar-refractivity contribution in [1.82, 2.24) is 10.2 Å². The molecule has 1 amide bonds. The highest BCUT2D eigenvalue weighted by Crippen LogP contribution is 2.22. The summed E-state index contributed by atoms with van der Waals surface area (Å²) in [6.45, 7) is 4.31. The minimum absolute atomic E-state index is 0.0304. The van der Waals surface area contributed by atoms with Crippen molar-refractivity contribution in [2.75, 3.05) is 19.3 Å². The van der Waals surface area contributed by atoms with E-state index in [-0.39, 0.29) is 28.6 Å². The molecule has 5 nitrogen and oxygen atoms in total. The molecule has 1 saturated heterocycles. The Labute approximate surface area is 171 Å². The number of hydrogen-bond acceptors (Lipinski definition) is 4. The Kier molecular flexibility index (Phi) is 6.70. The zero-order chi connectivity index (χ0) is 21.0. The summed E-state index contributed by atoms with van der Waals surface area (Å²) in [5.41, 5.74) is 1.94. The molecule has 7 heteroatoms. The SMILES string of the molecule is C[C@@H](NC(=O)C1CCN(Cc2ccc(F)cc2)CC1)c1ccc(S(C)(=O)=O)cc1. The second-order valence-corrected chi connectivity index (χ2v) is 9.76. The van der Waals surface area contributed by atoms with Crippen LogP contribution in [0.15, 0.2) is 53.4 Å². The Bertz CT molecular complexity index is 935. The highest BCUT2D eigenvalue weighted by Gasteiger charge is 2.26. The molecule has 2 aromatic rings. The summed E-state index contributed by atoms with van der Waals surface area (Å²) in [5, 5.41) is 3.05. The van der Waals surface area contributed by atoms with Crippen LogP contribution in [0.25, 0.3) is 0 Å². The number of rotatable bonds is 6. The first kappa shape index (κ1) is 21.5. The quantitative estimate of drug-likeness (QED) is 0.782. The van der Waals surface area contributed by atoms with E-state index in [2.05, 4.69) is 10.2 Å². The largest absolute Gasteiger partial charge is 0.349 e. The van der Waals surface area contributed by atoms with Gasteiger partial charge >= 0.3 is 0 Å². The van der Waals surface area contributed by atoms with E-state index in [4.69, 9.17) is 0 Å². The van der Waals surface area contributed by atoms with Gasteiger partial charge in [0.05, 0.1) is 10.9 Å². The molecule has 1 aliphatic heterocycles. The minimum Gasteiger partial charge on any atom is -0.349 e. The smallest absolute Gasteiger partial charge is 0.223 e. The van der Waals surface area contributed by atoms with Gasteiger partial charge < -0.3 is 5.32 Å². The predicted molar refractivity (Wildman–Crippen MR) is 111 cm³/mol. The molecule has 1 aliphatic rings. The van der Waals surface area contributed by atoms with Crippen LogP contribution in [0.3, 0.4) is 0 Å². The average molecular weight is 419 g/mol. The number of carbonyl (C=O) groups excluding carboxylic acids is 1. The van der Waals surface area contributed by atoms with E-state index < -0.39 is 9.84 Å². The van der Waals surface area contributed by atoms with Crippen molar-refractivity contribution >= 4 is 15.7 Å². The van der Waals surface area contributed by atoms with Crippen LogP contribution in [-0.2, 0) is 21.2 Å². The van der Waals surface area contributed by atoms with Gasteiger partial charge in [0.2, 0.25) is 5.91 Å². The van der Waals surface area contributed by atoms with E-state index in [1.807, 2.05) is 6.92 Å². The van der Waals surface area contributed by atoms with Gasteiger partial charge in [0.25, 0.3) is 0 Å². The fourth-order valence-electron chi connectivity index (χ4n) is 3.62. The van der Waals surface area contributed by atoms with Crippen LogP contribution in [0.1, 0.15) is 36.9 Å². The number of piperidine rings is 1. The van der Waals surface area contributed by atoms with Gasteiger partial charge in [-0.3, -0.25) is 9.69 Å². The second-order valence-electron chi connectivity index (χ2n) is 7.75. The number of nitrogens with one attached hydrogen (secondary N) is 1. The Morgan fingerprint density at radius 2 is 1.69 bits per heavy atom. The van der Waals surface area contributed by atoms with Crippen LogP contribution in [0.5, 0.6) is 0 Å². The summed E-state index contributed by atoms with van der Waals surface area (Å²) >= 11 is 0. The fourth-order valence-corrected chi connectivity index (χ4v) is 4.25.